The van der Waals surface area contributed by atoms with Gasteiger partial charge in [-0.2, -0.15) is 9.61 Å². The Hall–Kier alpha value is -1.54. The first-order chi connectivity index (χ1) is 9.31. The SMILES string of the molecule is Nc1nc(-c2nn3c(C4CCCC4)nnc3s2)cs1. The summed E-state index contributed by atoms with van der Waals surface area (Å²) in [6.07, 6.45) is 4.94. The highest BCUT2D eigenvalue weighted by atomic mass is 32.1. The summed E-state index contributed by atoms with van der Waals surface area (Å²) < 4.78 is 1.88. The molecule has 0 aliphatic heterocycles. The molecule has 0 spiro atoms. The van der Waals surface area contributed by atoms with Gasteiger partial charge >= 0.3 is 0 Å². The van der Waals surface area contributed by atoms with Crippen LogP contribution in [0.15, 0.2) is 5.38 Å². The quantitative estimate of drug-likeness (QED) is 0.785. The molecule has 0 saturated heterocycles. The van der Waals surface area contributed by atoms with E-state index in [0.29, 0.717) is 11.0 Å². The van der Waals surface area contributed by atoms with E-state index < -0.39 is 0 Å². The zero-order chi connectivity index (χ0) is 12.8. The number of nitrogens with two attached hydrogens (primary N) is 1. The molecular weight excluding hydrogens is 280 g/mol. The number of anilines is 1. The zero-order valence-corrected chi connectivity index (χ0v) is 11.7. The first-order valence-electron chi connectivity index (χ1n) is 6.25. The minimum absolute atomic E-state index is 0.505. The van der Waals surface area contributed by atoms with Gasteiger partial charge in [-0.05, 0) is 12.8 Å². The van der Waals surface area contributed by atoms with Crippen LogP contribution in [0.3, 0.4) is 0 Å². The monoisotopic (exact) mass is 292 g/mol. The molecular formula is C11H12N6S2. The normalized spacial score (nSPS) is 16.6. The molecule has 4 rings (SSSR count). The van der Waals surface area contributed by atoms with Gasteiger partial charge in [-0.1, -0.05) is 24.2 Å². The van der Waals surface area contributed by atoms with Crippen molar-refractivity contribution in [1.29, 1.82) is 0 Å². The Morgan fingerprint density at radius 3 is 2.84 bits per heavy atom. The minimum atomic E-state index is 0.505. The van der Waals surface area contributed by atoms with Gasteiger partial charge in [0.2, 0.25) is 4.96 Å². The number of nitrogen functional groups attached to an aromatic ring is 1. The summed E-state index contributed by atoms with van der Waals surface area (Å²) in [5.74, 6) is 1.50. The van der Waals surface area contributed by atoms with Gasteiger partial charge in [-0.3, -0.25) is 0 Å². The van der Waals surface area contributed by atoms with Crippen molar-refractivity contribution in [3.63, 3.8) is 0 Å². The lowest BCUT2D eigenvalue weighted by atomic mass is 10.1. The Balaban J connectivity index is 1.79. The molecule has 0 atom stereocenters. The molecule has 1 saturated carbocycles. The molecule has 19 heavy (non-hydrogen) atoms. The lowest BCUT2D eigenvalue weighted by Gasteiger charge is -2.03. The topological polar surface area (TPSA) is 82.0 Å². The van der Waals surface area contributed by atoms with Crippen molar-refractivity contribution in [3.8, 4) is 10.7 Å². The molecule has 2 N–H and O–H groups in total. The summed E-state index contributed by atoms with van der Waals surface area (Å²) in [6.45, 7) is 0. The van der Waals surface area contributed by atoms with Crippen LogP contribution in [-0.4, -0.2) is 24.8 Å². The summed E-state index contributed by atoms with van der Waals surface area (Å²) in [5, 5.41) is 16.5. The smallest absolute Gasteiger partial charge is 0.235 e. The lowest BCUT2D eigenvalue weighted by Crippen LogP contribution is -2.01. The molecule has 98 valence electrons. The predicted octanol–water partition coefficient (Wildman–Crippen LogP) is 2.55. The van der Waals surface area contributed by atoms with Gasteiger partial charge in [0, 0.05) is 11.3 Å². The molecule has 0 aromatic carbocycles. The summed E-state index contributed by atoms with van der Waals surface area (Å²) >= 11 is 2.94. The lowest BCUT2D eigenvalue weighted by molar-refractivity contribution is 0.641. The van der Waals surface area contributed by atoms with E-state index in [9.17, 15) is 0 Å². The van der Waals surface area contributed by atoms with Crippen LogP contribution in [0.1, 0.15) is 37.4 Å². The number of hydrogen-bond acceptors (Lipinski definition) is 7. The number of nitrogens with zero attached hydrogens (tertiary/aromatic N) is 5. The molecule has 6 nitrogen and oxygen atoms in total. The van der Waals surface area contributed by atoms with Gasteiger partial charge in [0.15, 0.2) is 16.0 Å². The maximum Gasteiger partial charge on any atom is 0.235 e. The summed E-state index contributed by atoms with van der Waals surface area (Å²) in [5.41, 5.74) is 6.49. The molecule has 8 heteroatoms. The maximum absolute atomic E-state index is 5.66. The Labute approximate surface area is 117 Å². The van der Waals surface area contributed by atoms with Crippen LogP contribution in [0.25, 0.3) is 15.7 Å². The molecule has 3 aromatic rings. The van der Waals surface area contributed by atoms with Crippen molar-refractivity contribution in [2.24, 2.45) is 0 Å². The van der Waals surface area contributed by atoms with Crippen molar-refractivity contribution < 1.29 is 0 Å². The summed E-state index contributed by atoms with van der Waals surface area (Å²) in [4.78, 5) is 5.10. The highest BCUT2D eigenvalue weighted by Crippen LogP contribution is 2.35. The minimum Gasteiger partial charge on any atom is -0.375 e. The second kappa shape index (κ2) is 4.24. The van der Waals surface area contributed by atoms with Crippen LogP contribution in [0, 0.1) is 0 Å². The average Bonchev–Trinajstić information content (AvgIpc) is 3.11. The fourth-order valence-electron chi connectivity index (χ4n) is 2.56. The van der Waals surface area contributed by atoms with Gasteiger partial charge < -0.3 is 5.73 Å². The fraction of sp³-hybridized carbons (Fsp3) is 0.455. The fourth-order valence-corrected chi connectivity index (χ4v) is 3.99. The highest BCUT2D eigenvalue weighted by Gasteiger charge is 2.24. The van der Waals surface area contributed by atoms with Crippen LogP contribution in [-0.2, 0) is 0 Å². The molecule has 1 fully saturated rings. The van der Waals surface area contributed by atoms with E-state index in [2.05, 4.69) is 20.3 Å². The van der Waals surface area contributed by atoms with Crippen LogP contribution >= 0.6 is 22.7 Å². The summed E-state index contributed by atoms with van der Waals surface area (Å²) in [7, 11) is 0. The second-order valence-corrected chi connectivity index (χ2v) is 6.56. The molecule has 0 bridgehead atoms. The van der Waals surface area contributed by atoms with Gasteiger partial charge in [0.25, 0.3) is 0 Å². The van der Waals surface area contributed by atoms with Crippen LogP contribution in [0.5, 0.6) is 0 Å². The van der Waals surface area contributed by atoms with Crippen molar-refractivity contribution in [2.75, 3.05) is 5.73 Å². The largest absolute Gasteiger partial charge is 0.375 e. The van der Waals surface area contributed by atoms with Crippen LogP contribution in [0.4, 0.5) is 5.13 Å². The number of rotatable bonds is 2. The van der Waals surface area contributed by atoms with E-state index in [-0.39, 0.29) is 0 Å². The Morgan fingerprint density at radius 1 is 1.26 bits per heavy atom. The maximum atomic E-state index is 5.66. The van der Waals surface area contributed by atoms with E-state index in [1.165, 1.54) is 48.4 Å². The third kappa shape index (κ3) is 1.82. The first-order valence-corrected chi connectivity index (χ1v) is 7.94. The molecule has 3 aromatic heterocycles. The number of fused-ring (bicyclic) bond motifs is 1. The molecule has 0 radical (unpaired) electrons. The first kappa shape index (κ1) is 11.3. The van der Waals surface area contributed by atoms with E-state index in [0.717, 1.165) is 21.5 Å². The zero-order valence-electron chi connectivity index (χ0n) is 10.1. The number of aromatic nitrogens is 5. The average molecular weight is 292 g/mol. The van der Waals surface area contributed by atoms with Crippen molar-refractivity contribution in [1.82, 2.24) is 24.8 Å². The van der Waals surface area contributed by atoms with Gasteiger partial charge in [0.1, 0.15) is 5.69 Å². The van der Waals surface area contributed by atoms with E-state index in [1.807, 2.05) is 9.90 Å². The third-order valence-electron chi connectivity index (χ3n) is 3.48. The number of thiazole rings is 1. The highest BCUT2D eigenvalue weighted by molar-refractivity contribution is 7.20. The van der Waals surface area contributed by atoms with E-state index >= 15 is 0 Å². The van der Waals surface area contributed by atoms with E-state index in [4.69, 9.17) is 5.73 Å². The van der Waals surface area contributed by atoms with Crippen LogP contribution in [0.2, 0.25) is 0 Å². The Bertz CT molecular complexity index is 721. The predicted molar refractivity (Wildman–Crippen MR) is 75.4 cm³/mol. The molecule has 0 unspecified atom stereocenters. The second-order valence-electron chi connectivity index (χ2n) is 4.71. The van der Waals surface area contributed by atoms with Crippen LogP contribution < -0.4 is 5.73 Å². The molecule has 1 aliphatic rings. The third-order valence-corrected chi connectivity index (χ3v) is 5.07. The van der Waals surface area contributed by atoms with Gasteiger partial charge in [-0.15, -0.1) is 21.5 Å². The number of hydrogen-bond donors (Lipinski definition) is 1. The van der Waals surface area contributed by atoms with Gasteiger partial charge in [0.05, 0.1) is 0 Å². The Morgan fingerprint density at radius 2 is 2.11 bits per heavy atom. The van der Waals surface area contributed by atoms with Crippen molar-refractivity contribution >= 4 is 32.8 Å². The molecule has 1 aliphatic carbocycles. The Kier molecular flexibility index (Phi) is 2.52. The molecule has 0 amide bonds. The van der Waals surface area contributed by atoms with Crippen molar-refractivity contribution in [2.45, 2.75) is 31.6 Å². The molecule has 3 heterocycles. The standard InChI is InChI=1S/C11H12N6S2/c12-10-13-7(5-18-10)9-16-17-8(6-3-1-2-4-6)14-15-11(17)19-9/h5-6H,1-4H2,(H2,12,13). The van der Waals surface area contributed by atoms with Crippen molar-refractivity contribution in [3.05, 3.63) is 11.2 Å². The summed E-state index contributed by atoms with van der Waals surface area (Å²) in [6, 6.07) is 0. The van der Waals surface area contributed by atoms with Gasteiger partial charge in [-0.25, -0.2) is 4.98 Å². The van der Waals surface area contributed by atoms with E-state index in [1.54, 1.807) is 0 Å².